The first-order chi connectivity index (χ1) is 8.63. The van der Waals surface area contributed by atoms with E-state index in [2.05, 4.69) is 49.5 Å². The molecular weight excluding hydrogens is 242 g/mol. The Kier molecular flexibility index (Phi) is 4.05. The lowest BCUT2D eigenvalue weighted by Crippen LogP contribution is -2.11. The number of rotatable bonds is 3. The van der Waals surface area contributed by atoms with Crippen molar-refractivity contribution in [2.45, 2.75) is 19.9 Å². The summed E-state index contributed by atoms with van der Waals surface area (Å²) in [5, 5.41) is 4.06. The molecule has 0 saturated carbocycles. The summed E-state index contributed by atoms with van der Waals surface area (Å²) in [5.74, 6) is 0. The molecule has 0 aliphatic rings. The molecule has 1 unspecified atom stereocenters. The van der Waals surface area contributed by atoms with Crippen LogP contribution in [0.2, 0.25) is 5.02 Å². The highest BCUT2D eigenvalue weighted by Gasteiger charge is 2.06. The fraction of sp³-hybridized carbons (Fsp3) is 0.250. The van der Waals surface area contributed by atoms with Gasteiger partial charge in [-0.15, -0.1) is 0 Å². The fourth-order valence-electron chi connectivity index (χ4n) is 2.04. The van der Waals surface area contributed by atoms with Crippen LogP contribution in [-0.2, 0) is 0 Å². The fourth-order valence-corrected chi connectivity index (χ4v) is 2.21. The van der Waals surface area contributed by atoms with E-state index < -0.39 is 0 Å². The van der Waals surface area contributed by atoms with Crippen molar-refractivity contribution in [3.8, 4) is 11.1 Å². The monoisotopic (exact) mass is 259 g/mol. The summed E-state index contributed by atoms with van der Waals surface area (Å²) < 4.78 is 0. The Bertz CT molecular complexity index is 531. The number of hydrogen-bond donors (Lipinski definition) is 1. The van der Waals surface area contributed by atoms with Gasteiger partial charge in [-0.1, -0.05) is 48.0 Å². The van der Waals surface area contributed by atoms with Crippen molar-refractivity contribution >= 4 is 11.6 Å². The van der Waals surface area contributed by atoms with Gasteiger partial charge in [0.2, 0.25) is 0 Å². The van der Waals surface area contributed by atoms with Crippen LogP contribution in [0.1, 0.15) is 24.1 Å². The quantitative estimate of drug-likeness (QED) is 0.850. The average molecular weight is 260 g/mol. The molecule has 0 amide bonds. The van der Waals surface area contributed by atoms with Crippen molar-refractivity contribution < 1.29 is 0 Å². The van der Waals surface area contributed by atoms with E-state index in [1.54, 1.807) is 0 Å². The van der Waals surface area contributed by atoms with Crippen LogP contribution in [0.15, 0.2) is 42.5 Å². The van der Waals surface area contributed by atoms with Crippen molar-refractivity contribution in [1.29, 1.82) is 0 Å². The topological polar surface area (TPSA) is 12.0 Å². The van der Waals surface area contributed by atoms with Crippen LogP contribution < -0.4 is 5.32 Å². The molecule has 0 aliphatic heterocycles. The van der Waals surface area contributed by atoms with Gasteiger partial charge in [0, 0.05) is 11.1 Å². The van der Waals surface area contributed by atoms with Gasteiger partial charge in [-0.05, 0) is 49.2 Å². The third-order valence-corrected chi connectivity index (χ3v) is 3.83. The third kappa shape index (κ3) is 2.58. The lowest BCUT2D eigenvalue weighted by Gasteiger charge is -2.12. The minimum atomic E-state index is 0.375. The van der Waals surface area contributed by atoms with E-state index in [1.165, 1.54) is 16.7 Å². The minimum Gasteiger partial charge on any atom is -0.313 e. The Morgan fingerprint density at radius 3 is 2.33 bits per heavy atom. The van der Waals surface area contributed by atoms with Crippen LogP contribution in [0.4, 0.5) is 0 Å². The molecule has 0 spiro atoms. The van der Waals surface area contributed by atoms with Crippen LogP contribution in [0, 0.1) is 6.92 Å². The van der Waals surface area contributed by atoms with Gasteiger partial charge in [0.15, 0.2) is 0 Å². The molecule has 1 N–H and O–H groups in total. The molecular formula is C16H18ClN. The van der Waals surface area contributed by atoms with E-state index in [9.17, 15) is 0 Å². The molecule has 0 aliphatic carbocycles. The summed E-state index contributed by atoms with van der Waals surface area (Å²) >= 11 is 6.16. The highest BCUT2D eigenvalue weighted by molar-refractivity contribution is 6.31. The Hall–Kier alpha value is -1.31. The van der Waals surface area contributed by atoms with E-state index in [0.717, 1.165) is 10.6 Å². The average Bonchev–Trinajstić information content (AvgIpc) is 2.41. The molecule has 0 radical (unpaired) electrons. The number of nitrogens with one attached hydrogen (secondary N) is 1. The summed E-state index contributed by atoms with van der Waals surface area (Å²) in [7, 11) is 1.97. The second-order valence-electron chi connectivity index (χ2n) is 4.54. The number of benzene rings is 2. The molecule has 0 aromatic heterocycles. The third-order valence-electron chi connectivity index (χ3n) is 3.42. The van der Waals surface area contributed by atoms with Crippen molar-refractivity contribution in [2.24, 2.45) is 0 Å². The maximum Gasteiger partial charge on any atom is 0.0441 e. The lowest BCUT2D eigenvalue weighted by atomic mass is 9.98. The van der Waals surface area contributed by atoms with Crippen LogP contribution in [0.3, 0.4) is 0 Å². The zero-order valence-corrected chi connectivity index (χ0v) is 11.8. The standard InChI is InChI=1S/C16H18ClN/c1-11-15(5-4-6-16(11)17)14-9-7-13(8-10-14)12(2)18-3/h4-10,12,18H,1-3H3. The molecule has 0 heterocycles. The predicted molar refractivity (Wildman–Crippen MR) is 79.1 cm³/mol. The number of halogens is 1. The SMILES string of the molecule is CNC(C)c1ccc(-c2cccc(Cl)c2C)cc1. The van der Waals surface area contributed by atoms with Gasteiger partial charge in [0.25, 0.3) is 0 Å². The summed E-state index contributed by atoms with van der Waals surface area (Å²) in [5.41, 5.74) is 4.84. The van der Waals surface area contributed by atoms with E-state index in [1.807, 2.05) is 19.2 Å². The van der Waals surface area contributed by atoms with Gasteiger partial charge >= 0.3 is 0 Å². The first kappa shape index (κ1) is 13.1. The zero-order valence-electron chi connectivity index (χ0n) is 11.0. The van der Waals surface area contributed by atoms with Crippen LogP contribution in [0.5, 0.6) is 0 Å². The van der Waals surface area contributed by atoms with Gasteiger partial charge in [0.05, 0.1) is 0 Å². The van der Waals surface area contributed by atoms with Gasteiger partial charge in [-0.2, -0.15) is 0 Å². The maximum atomic E-state index is 6.16. The largest absolute Gasteiger partial charge is 0.313 e. The first-order valence-electron chi connectivity index (χ1n) is 6.16. The molecule has 94 valence electrons. The lowest BCUT2D eigenvalue weighted by molar-refractivity contribution is 0.652. The highest BCUT2D eigenvalue weighted by Crippen LogP contribution is 2.29. The molecule has 2 aromatic rings. The Labute approximate surface area is 114 Å². The van der Waals surface area contributed by atoms with Crippen molar-refractivity contribution in [2.75, 3.05) is 7.05 Å². The molecule has 1 atom stereocenters. The maximum absolute atomic E-state index is 6.16. The summed E-state index contributed by atoms with van der Waals surface area (Å²) in [4.78, 5) is 0. The highest BCUT2D eigenvalue weighted by atomic mass is 35.5. The second-order valence-corrected chi connectivity index (χ2v) is 4.95. The normalized spacial score (nSPS) is 12.4. The molecule has 0 bridgehead atoms. The van der Waals surface area contributed by atoms with Crippen LogP contribution in [-0.4, -0.2) is 7.05 Å². The van der Waals surface area contributed by atoms with E-state index >= 15 is 0 Å². The summed E-state index contributed by atoms with van der Waals surface area (Å²) in [6.07, 6.45) is 0. The molecule has 2 heteroatoms. The summed E-state index contributed by atoms with van der Waals surface area (Å²) in [6.45, 7) is 4.21. The Morgan fingerprint density at radius 2 is 1.72 bits per heavy atom. The van der Waals surface area contributed by atoms with E-state index in [0.29, 0.717) is 6.04 Å². The van der Waals surface area contributed by atoms with Gasteiger partial charge in [0.1, 0.15) is 0 Å². The minimum absolute atomic E-state index is 0.375. The van der Waals surface area contributed by atoms with E-state index in [-0.39, 0.29) is 0 Å². The molecule has 2 aromatic carbocycles. The zero-order chi connectivity index (χ0) is 13.1. The smallest absolute Gasteiger partial charge is 0.0441 e. The Balaban J connectivity index is 2.37. The van der Waals surface area contributed by atoms with Gasteiger partial charge < -0.3 is 5.32 Å². The van der Waals surface area contributed by atoms with Crippen LogP contribution >= 0.6 is 11.6 Å². The van der Waals surface area contributed by atoms with Gasteiger partial charge in [-0.25, -0.2) is 0 Å². The summed E-state index contributed by atoms with van der Waals surface area (Å²) in [6, 6.07) is 15.0. The van der Waals surface area contributed by atoms with Gasteiger partial charge in [-0.3, -0.25) is 0 Å². The first-order valence-corrected chi connectivity index (χ1v) is 6.54. The van der Waals surface area contributed by atoms with Crippen molar-refractivity contribution in [3.05, 3.63) is 58.6 Å². The molecule has 2 rings (SSSR count). The molecule has 1 nitrogen and oxygen atoms in total. The number of hydrogen-bond acceptors (Lipinski definition) is 1. The van der Waals surface area contributed by atoms with E-state index in [4.69, 9.17) is 11.6 Å². The molecule has 0 saturated heterocycles. The van der Waals surface area contributed by atoms with Crippen LogP contribution in [0.25, 0.3) is 11.1 Å². The molecule has 18 heavy (non-hydrogen) atoms. The predicted octanol–water partition coefficient (Wildman–Crippen LogP) is 4.60. The van der Waals surface area contributed by atoms with Crippen molar-refractivity contribution in [1.82, 2.24) is 5.32 Å². The molecule has 0 fully saturated rings. The van der Waals surface area contributed by atoms with Crippen molar-refractivity contribution in [3.63, 3.8) is 0 Å². The second kappa shape index (κ2) is 5.55. The Morgan fingerprint density at radius 1 is 1.06 bits per heavy atom.